The largest absolute Gasteiger partial charge is 0.368 e. The molecule has 2 rings (SSSR count). The van der Waals surface area contributed by atoms with E-state index in [0.717, 1.165) is 6.42 Å². The van der Waals surface area contributed by atoms with Crippen LogP contribution in [0, 0.1) is 11.8 Å². The summed E-state index contributed by atoms with van der Waals surface area (Å²) in [5.41, 5.74) is 6.02. The zero-order chi connectivity index (χ0) is 17.7. The molecule has 0 bridgehead atoms. The molecule has 1 aliphatic rings. The lowest BCUT2D eigenvalue weighted by Gasteiger charge is -2.33. The maximum Gasteiger partial charge on any atom is 0.240 e. The fraction of sp³-hybridized carbons (Fsp3) is 0.625. The number of aromatic amines is 1. The first-order valence-corrected chi connectivity index (χ1v) is 8.23. The topological polar surface area (TPSA) is 121 Å². The van der Waals surface area contributed by atoms with E-state index in [0.29, 0.717) is 25.2 Å². The van der Waals surface area contributed by atoms with Crippen LogP contribution in [0.15, 0.2) is 12.5 Å². The third-order valence-electron chi connectivity index (χ3n) is 4.30. The molecule has 1 aromatic rings. The number of carbonyl (C=O) groups excluding carboxylic acids is 3. The van der Waals surface area contributed by atoms with Crippen molar-refractivity contribution in [3.63, 3.8) is 0 Å². The van der Waals surface area contributed by atoms with Crippen LogP contribution in [0.25, 0.3) is 0 Å². The molecule has 1 unspecified atom stereocenters. The van der Waals surface area contributed by atoms with Crippen LogP contribution in [0.3, 0.4) is 0 Å². The molecule has 1 aromatic heterocycles. The molecule has 0 aromatic carbocycles. The Morgan fingerprint density at radius 3 is 2.79 bits per heavy atom. The van der Waals surface area contributed by atoms with E-state index in [2.05, 4.69) is 15.3 Å². The van der Waals surface area contributed by atoms with E-state index in [1.54, 1.807) is 11.1 Å². The average Bonchev–Trinajstić information content (AvgIpc) is 3.04. The predicted octanol–water partition coefficient (Wildman–Crippen LogP) is -0.183. The van der Waals surface area contributed by atoms with Gasteiger partial charge in [0.15, 0.2) is 0 Å². The van der Waals surface area contributed by atoms with Crippen molar-refractivity contribution in [1.29, 1.82) is 0 Å². The summed E-state index contributed by atoms with van der Waals surface area (Å²) >= 11 is 0. The average molecular weight is 335 g/mol. The number of amides is 3. The maximum absolute atomic E-state index is 12.4. The van der Waals surface area contributed by atoms with Crippen molar-refractivity contribution in [2.45, 2.75) is 39.2 Å². The number of nitrogens with zero attached hydrogens (tertiary/aromatic N) is 2. The Morgan fingerprint density at radius 2 is 2.21 bits per heavy atom. The lowest BCUT2D eigenvalue weighted by Crippen LogP contribution is -2.52. The first-order valence-electron chi connectivity index (χ1n) is 8.23. The predicted molar refractivity (Wildman–Crippen MR) is 87.6 cm³/mol. The Bertz CT molecular complexity index is 585. The smallest absolute Gasteiger partial charge is 0.240 e. The number of piperidine rings is 1. The second kappa shape index (κ2) is 7.94. The quantitative estimate of drug-likeness (QED) is 0.667. The lowest BCUT2D eigenvalue weighted by molar-refractivity contribution is -0.137. The minimum absolute atomic E-state index is 0.0464. The molecule has 0 spiro atoms. The highest BCUT2D eigenvalue weighted by Gasteiger charge is 2.31. The molecule has 8 heteroatoms. The molecule has 132 valence electrons. The van der Waals surface area contributed by atoms with Crippen LogP contribution in [0.2, 0.25) is 0 Å². The van der Waals surface area contributed by atoms with Gasteiger partial charge in [-0.3, -0.25) is 14.4 Å². The van der Waals surface area contributed by atoms with Gasteiger partial charge in [-0.15, -0.1) is 0 Å². The summed E-state index contributed by atoms with van der Waals surface area (Å²) in [5.74, 6) is -1.20. The first kappa shape index (κ1) is 18.0. The van der Waals surface area contributed by atoms with Gasteiger partial charge < -0.3 is 20.9 Å². The summed E-state index contributed by atoms with van der Waals surface area (Å²) in [5, 5.41) is 2.72. The highest BCUT2D eigenvalue weighted by atomic mass is 16.2. The molecule has 0 saturated carbocycles. The van der Waals surface area contributed by atoms with E-state index in [4.69, 9.17) is 5.73 Å². The number of aromatic nitrogens is 2. The van der Waals surface area contributed by atoms with Crippen molar-refractivity contribution in [2.24, 2.45) is 17.6 Å². The molecule has 3 amide bonds. The molecule has 2 heterocycles. The molecule has 1 fully saturated rings. The molecule has 0 aliphatic carbocycles. The molecule has 4 N–H and O–H groups in total. The van der Waals surface area contributed by atoms with Crippen LogP contribution in [0.4, 0.5) is 0 Å². The number of nitrogens with one attached hydrogen (secondary N) is 2. The third-order valence-corrected chi connectivity index (χ3v) is 4.30. The van der Waals surface area contributed by atoms with Crippen LogP contribution in [0.1, 0.15) is 32.4 Å². The Kier molecular flexibility index (Phi) is 5.94. The van der Waals surface area contributed by atoms with E-state index in [9.17, 15) is 14.4 Å². The number of carbonyl (C=O) groups is 3. The second-order valence-electron chi connectivity index (χ2n) is 6.55. The SMILES string of the molecule is CC(C)[C@H](NC(=O)C1CCCN(C(=O)Cc2c[nH]cn2)C1)C(N)=O. The van der Waals surface area contributed by atoms with Gasteiger partial charge in [0.1, 0.15) is 6.04 Å². The molecule has 1 aliphatic heterocycles. The normalized spacial score (nSPS) is 19.1. The number of rotatable bonds is 6. The molecule has 24 heavy (non-hydrogen) atoms. The van der Waals surface area contributed by atoms with E-state index in [-0.39, 0.29) is 30.1 Å². The van der Waals surface area contributed by atoms with Gasteiger partial charge in [0, 0.05) is 19.3 Å². The molecule has 0 radical (unpaired) electrons. The Balaban J connectivity index is 1.93. The number of primary amides is 1. The fourth-order valence-electron chi connectivity index (χ4n) is 2.91. The van der Waals surface area contributed by atoms with Crippen molar-refractivity contribution in [2.75, 3.05) is 13.1 Å². The van der Waals surface area contributed by atoms with Gasteiger partial charge in [-0.1, -0.05) is 13.8 Å². The molecule has 2 atom stereocenters. The number of hydrogen-bond acceptors (Lipinski definition) is 4. The summed E-state index contributed by atoms with van der Waals surface area (Å²) < 4.78 is 0. The van der Waals surface area contributed by atoms with Crippen LogP contribution in [0.5, 0.6) is 0 Å². The Morgan fingerprint density at radius 1 is 1.46 bits per heavy atom. The standard InChI is InChI=1S/C16H25N5O3/c1-10(2)14(15(17)23)20-16(24)11-4-3-5-21(8-11)13(22)6-12-7-18-9-19-12/h7,9-11,14H,3-6,8H2,1-2H3,(H2,17,23)(H,18,19)(H,20,24)/t11?,14-/m0/s1. The number of nitrogens with two attached hydrogens (primary N) is 1. The Labute approximate surface area is 141 Å². The minimum Gasteiger partial charge on any atom is -0.368 e. The van der Waals surface area contributed by atoms with Gasteiger partial charge in [0.05, 0.1) is 24.4 Å². The van der Waals surface area contributed by atoms with Crippen LogP contribution >= 0.6 is 0 Å². The minimum atomic E-state index is -0.687. The van der Waals surface area contributed by atoms with E-state index in [1.807, 2.05) is 13.8 Å². The summed E-state index contributed by atoms with van der Waals surface area (Å²) in [6.45, 7) is 4.65. The van der Waals surface area contributed by atoms with Crippen molar-refractivity contribution in [3.8, 4) is 0 Å². The highest BCUT2D eigenvalue weighted by Crippen LogP contribution is 2.18. The van der Waals surface area contributed by atoms with Crippen LogP contribution in [-0.2, 0) is 20.8 Å². The van der Waals surface area contributed by atoms with Gasteiger partial charge in [-0.25, -0.2) is 4.98 Å². The number of imidazole rings is 1. The number of likely N-dealkylation sites (tertiary alicyclic amines) is 1. The monoisotopic (exact) mass is 335 g/mol. The second-order valence-corrected chi connectivity index (χ2v) is 6.55. The van der Waals surface area contributed by atoms with Crippen molar-refractivity contribution in [3.05, 3.63) is 18.2 Å². The Hall–Kier alpha value is -2.38. The van der Waals surface area contributed by atoms with Gasteiger partial charge in [0.2, 0.25) is 17.7 Å². The fourth-order valence-corrected chi connectivity index (χ4v) is 2.91. The van der Waals surface area contributed by atoms with Crippen LogP contribution in [-0.4, -0.2) is 51.7 Å². The third kappa shape index (κ3) is 4.56. The zero-order valence-electron chi connectivity index (χ0n) is 14.1. The molecular formula is C16H25N5O3. The van der Waals surface area contributed by atoms with Gasteiger partial charge in [-0.2, -0.15) is 0 Å². The number of H-pyrrole nitrogens is 1. The first-order chi connectivity index (χ1) is 11.4. The van der Waals surface area contributed by atoms with Gasteiger partial charge >= 0.3 is 0 Å². The van der Waals surface area contributed by atoms with Crippen molar-refractivity contribution < 1.29 is 14.4 Å². The van der Waals surface area contributed by atoms with Crippen molar-refractivity contribution >= 4 is 17.7 Å². The summed E-state index contributed by atoms with van der Waals surface area (Å²) in [7, 11) is 0. The molecule has 8 nitrogen and oxygen atoms in total. The zero-order valence-corrected chi connectivity index (χ0v) is 14.1. The van der Waals surface area contributed by atoms with Crippen LogP contribution < -0.4 is 11.1 Å². The highest BCUT2D eigenvalue weighted by molar-refractivity contribution is 5.88. The van der Waals surface area contributed by atoms with Crippen molar-refractivity contribution in [1.82, 2.24) is 20.2 Å². The van der Waals surface area contributed by atoms with E-state index >= 15 is 0 Å². The summed E-state index contributed by atoms with van der Waals surface area (Å²) in [6, 6.07) is -0.687. The van der Waals surface area contributed by atoms with E-state index < -0.39 is 11.9 Å². The van der Waals surface area contributed by atoms with Gasteiger partial charge in [-0.05, 0) is 18.8 Å². The number of hydrogen-bond donors (Lipinski definition) is 3. The molecular weight excluding hydrogens is 310 g/mol. The molecule has 1 saturated heterocycles. The summed E-state index contributed by atoms with van der Waals surface area (Å²) in [4.78, 5) is 44.8. The maximum atomic E-state index is 12.4. The van der Waals surface area contributed by atoms with Gasteiger partial charge in [0.25, 0.3) is 0 Å². The lowest BCUT2D eigenvalue weighted by atomic mass is 9.95. The van der Waals surface area contributed by atoms with E-state index in [1.165, 1.54) is 6.33 Å². The summed E-state index contributed by atoms with van der Waals surface area (Å²) in [6.07, 6.45) is 4.89.